The number of aliphatic hydroxyl groups is 2. The van der Waals surface area contributed by atoms with E-state index >= 15 is 0 Å². The van der Waals surface area contributed by atoms with E-state index in [0.717, 1.165) is 5.56 Å². The Bertz CT molecular complexity index is 640. The van der Waals surface area contributed by atoms with Gasteiger partial charge >= 0.3 is 0 Å². The molecule has 144 valence electrons. The standard InChI is InChI=1S/C20H27NO4.ClH/c1-15(22)11-21(12-16(2)23)13-18-10-19(8-9-20(18)24)25-14-17-6-4-3-5-7-17;/h3-10,15-16,22-24H,11-14H2,1-2H3;1H. The van der Waals surface area contributed by atoms with Crippen molar-refractivity contribution in [1.29, 1.82) is 0 Å². The molecular weight excluding hydrogens is 354 g/mol. The maximum absolute atomic E-state index is 10.1. The van der Waals surface area contributed by atoms with Gasteiger partial charge in [0.05, 0.1) is 12.2 Å². The highest BCUT2D eigenvalue weighted by atomic mass is 35.5. The van der Waals surface area contributed by atoms with Crippen LogP contribution < -0.4 is 4.74 Å². The summed E-state index contributed by atoms with van der Waals surface area (Å²) in [7, 11) is 0. The largest absolute Gasteiger partial charge is 0.508 e. The van der Waals surface area contributed by atoms with Crippen LogP contribution in [0.1, 0.15) is 25.0 Å². The summed E-state index contributed by atoms with van der Waals surface area (Å²) in [6.45, 7) is 5.11. The first-order valence-electron chi connectivity index (χ1n) is 8.51. The highest BCUT2D eigenvalue weighted by Crippen LogP contribution is 2.25. The van der Waals surface area contributed by atoms with E-state index in [9.17, 15) is 15.3 Å². The quantitative estimate of drug-likeness (QED) is 0.622. The third kappa shape index (κ3) is 7.62. The van der Waals surface area contributed by atoms with Crippen molar-refractivity contribution in [1.82, 2.24) is 4.90 Å². The van der Waals surface area contributed by atoms with Crippen molar-refractivity contribution in [3.05, 3.63) is 59.7 Å². The summed E-state index contributed by atoms with van der Waals surface area (Å²) in [5, 5.41) is 29.4. The lowest BCUT2D eigenvalue weighted by atomic mass is 10.1. The van der Waals surface area contributed by atoms with Gasteiger partial charge in [-0.1, -0.05) is 30.3 Å². The van der Waals surface area contributed by atoms with Crippen LogP contribution in [0.2, 0.25) is 0 Å². The molecule has 5 nitrogen and oxygen atoms in total. The van der Waals surface area contributed by atoms with Crippen molar-refractivity contribution >= 4 is 12.4 Å². The third-order valence-corrected chi connectivity index (χ3v) is 3.74. The molecule has 3 N–H and O–H groups in total. The van der Waals surface area contributed by atoms with Crippen molar-refractivity contribution in [2.45, 2.75) is 39.2 Å². The van der Waals surface area contributed by atoms with Gasteiger partial charge in [-0.25, -0.2) is 0 Å². The number of phenols is 1. The third-order valence-electron chi connectivity index (χ3n) is 3.74. The number of ether oxygens (including phenoxy) is 1. The van der Waals surface area contributed by atoms with Gasteiger partial charge in [0.15, 0.2) is 0 Å². The number of aromatic hydroxyl groups is 1. The first-order chi connectivity index (χ1) is 11.9. The normalized spacial score (nSPS) is 13.1. The van der Waals surface area contributed by atoms with Gasteiger partial charge in [-0.2, -0.15) is 0 Å². The molecule has 0 aliphatic carbocycles. The zero-order chi connectivity index (χ0) is 18.2. The summed E-state index contributed by atoms with van der Waals surface area (Å²) < 4.78 is 5.80. The molecule has 0 amide bonds. The molecular formula is C20H28ClNO4. The Morgan fingerprint density at radius 1 is 0.962 bits per heavy atom. The minimum absolute atomic E-state index is 0. The fourth-order valence-electron chi connectivity index (χ4n) is 2.71. The number of hydrogen-bond donors (Lipinski definition) is 3. The lowest BCUT2D eigenvalue weighted by molar-refractivity contribution is 0.0789. The fourth-order valence-corrected chi connectivity index (χ4v) is 2.71. The van der Waals surface area contributed by atoms with Gasteiger partial charge in [-0.15, -0.1) is 12.4 Å². The average Bonchev–Trinajstić information content (AvgIpc) is 2.55. The number of nitrogens with zero attached hydrogens (tertiary/aromatic N) is 1. The van der Waals surface area contributed by atoms with Crippen molar-refractivity contribution in [2.24, 2.45) is 0 Å². The monoisotopic (exact) mass is 381 g/mol. The number of aliphatic hydroxyl groups excluding tert-OH is 2. The maximum atomic E-state index is 10.1. The first-order valence-corrected chi connectivity index (χ1v) is 8.51. The molecule has 0 radical (unpaired) electrons. The lowest BCUT2D eigenvalue weighted by Crippen LogP contribution is -2.35. The fraction of sp³-hybridized carbons (Fsp3) is 0.400. The predicted molar refractivity (Wildman–Crippen MR) is 105 cm³/mol. The van der Waals surface area contributed by atoms with Crippen LogP contribution in [0.5, 0.6) is 11.5 Å². The average molecular weight is 382 g/mol. The van der Waals surface area contributed by atoms with E-state index in [4.69, 9.17) is 4.74 Å². The highest BCUT2D eigenvalue weighted by Gasteiger charge is 2.14. The van der Waals surface area contributed by atoms with Crippen LogP contribution in [0.15, 0.2) is 48.5 Å². The SMILES string of the molecule is CC(O)CN(Cc1cc(OCc2ccccc2)ccc1O)CC(C)O.Cl. The van der Waals surface area contributed by atoms with Crippen LogP contribution >= 0.6 is 12.4 Å². The molecule has 0 spiro atoms. The van der Waals surface area contributed by atoms with Gasteiger partial charge in [0.1, 0.15) is 18.1 Å². The van der Waals surface area contributed by atoms with E-state index in [1.165, 1.54) is 0 Å². The van der Waals surface area contributed by atoms with Crippen LogP contribution in [-0.4, -0.2) is 45.5 Å². The molecule has 6 heteroatoms. The van der Waals surface area contributed by atoms with Gasteiger partial charge in [0.2, 0.25) is 0 Å². The van der Waals surface area contributed by atoms with Crippen molar-refractivity contribution < 1.29 is 20.1 Å². The summed E-state index contributed by atoms with van der Waals surface area (Å²) in [4.78, 5) is 1.91. The number of halogens is 1. The number of rotatable bonds is 9. The zero-order valence-corrected chi connectivity index (χ0v) is 16.0. The van der Waals surface area contributed by atoms with Crippen LogP contribution in [0.4, 0.5) is 0 Å². The summed E-state index contributed by atoms with van der Waals surface area (Å²) in [6.07, 6.45) is -1.03. The van der Waals surface area contributed by atoms with E-state index in [0.29, 0.717) is 37.6 Å². The lowest BCUT2D eigenvalue weighted by Gasteiger charge is -2.25. The molecule has 0 fully saturated rings. The van der Waals surface area contributed by atoms with Crippen molar-refractivity contribution in [3.8, 4) is 11.5 Å². The van der Waals surface area contributed by atoms with Crippen LogP contribution in [0.25, 0.3) is 0 Å². The molecule has 2 aromatic rings. The smallest absolute Gasteiger partial charge is 0.120 e. The van der Waals surface area contributed by atoms with E-state index in [-0.39, 0.29) is 18.2 Å². The molecule has 2 unspecified atom stereocenters. The molecule has 2 atom stereocenters. The molecule has 0 aliphatic heterocycles. The summed E-state index contributed by atoms with van der Waals surface area (Å²) in [5.74, 6) is 0.846. The highest BCUT2D eigenvalue weighted by molar-refractivity contribution is 5.85. The van der Waals surface area contributed by atoms with E-state index < -0.39 is 12.2 Å². The first kappa shape index (κ1) is 22.3. The second-order valence-corrected chi connectivity index (χ2v) is 6.46. The Kier molecular flexibility index (Phi) is 9.44. The molecule has 0 aromatic heterocycles. The summed E-state index contributed by atoms with van der Waals surface area (Å²) in [5.41, 5.74) is 1.77. The molecule has 0 saturated heterocycles. The molecule has 2 rings (SSSR count). The van der Waals surface area contributed by atoms with Gasteiger partial charge in [-0.05, 0) is 37.6 Å². The van der Waals surface area contributed by atoms with Crippen molar-refractivity contribution in [2.75, 3.05) is 13.1 Å². The summed E-state index contributed by atoms with van der Waals surface area (Å²) in [6, 6.07) is 15.0. The number of benzene rings is 2. The topological polar surface area (TPSA) is 73.2 Å². The summed E-state index contributed by atoms with van der Waals surface area (Å²) >= 11 is 0. The number of hydrogen-bond acceptors (Lipinski definition) is 5. The molecule has 0 heterocycles. The van der Waals surface area contributed by atoms with E-state index in [2.05, 4.69) is 0 Å². The van der Waals surface area contributed by atoms with Crippen LogP contribution in [0, 0.1) is 0 Å². The second kappa shape index (κ2) is 11.0. The van der Waals surface area contributed by atoms with Crippen LogP contribution in [0.3, 0.4) is 0 Å². The van der Waals surface area contributed by atoms with Gasteiger partial charge in [0, 0.05) is 25.2 Å². The number of phenolic OH excluding ortho intramolecular Hbond substituents is 1. The Morgan fingerprint density at radius 3 is 2.15 bits per heavy atom. The minimum atomic E-state index is -0.515. The van der Waals surface area contributed by atoms with E-state index in [1.807, 2.05) is 35.2 Å². The van der Waals surface area contributed by atoms with Gasteiger partial charge < -0.3 is 20.1 Å². The maximum Gasteiger partial charge on any atom is 0.120 e. The molecule has 0 saturated carbocycles. The van der Waals surface area contributed by atoms with Crippen molar-refractivity contribution in [3.63, 3.8) is 0 Å². The Labute approximate surface area is 161 Å². The minimum Gasteiger partial charge on any atom is -0.508 e. The molecule has 0 bridgehead atoms. The van der Waals surface area contributed by atoms with Gasteiger partial charge in [-0.3, -0.25) is 4.90 Å². The second-order valence-electron chi connectivity index (χ2n) is 6.46. The van der Waals surface area contributed by atoms with Gasteiger partial charge in [0.25, 0.3) is 0 Å². The van der Waals surface area contributed by atoms with E-state index in [1.54, 1.807) is 32.0 Å². The zero-order valence-electron chi connectivity index (χ0n) is 15.2. The Balaban J connectivity index is 0.00000338. The van der Waals surface area contributed by atoms with Crippen LogP contribution in [-0.2, 0) is 13.2 Å². The predicted octanol–water partition coefficient (Wildman–Crippen LogP) is 2.96. The molecule has 2 aromatic carbocycles. The molecule has 0 aliphatic rings. The Hall–Kier alpha value is -1.79. The Morgan fingerprint density at radius 2 is 1.58 bits per heavy atom. The molecule has 26 heavy (non-hydrogen) atoms.